The number of benzene rings is 2. The fraction of sp³-hybridized carbons (Fsp3) is 0.318. The van der Waals surface area contributed by atoms with Crippen LogP contribution in [-0.4, -0.2) is 28.8 Å². The summed E-state index contributed by atoms with van der Waals surface area (Å²) in [4.78, 5) is 38.5. The van der Waals surface area contributed by atoms with E-state index in [0.29, 0.717) is 29.6 Å². The third-order valence-electron chi connectivity index (χ3n) is 5.04. The molecule has 152 valence electrons. The minimum absolute atomic E-state index is 0.183. The van der Waals surface area contributed by atoms with E-state index in [1.165, 1.54) is 9.13 Å². The Morgan fingerprint density at radius 3 is 2.55 bits per heavy atom. The zero-order valence-electron chi connectivity index (χ0n) is 16.9. The van der Waals surface area contributed by atoms with Crippen LogP contribution in [0.5, 0.6) is 0 Å². The topological polar surface area (TPSA) is 82.3 Å². The third kappa shape index (κ3) is 4.30. The van der Waals surface area contributed by atoms with E-state index in [1.54, 1.807) is 31.4 Å². The van der Waals surface area contributed by atoms with Gasteiger partial charge in [-0.3, -0.25) is 18.7 Å². The molecule has 0 aliphatic heterocycles. The number of para-hydroxylation sites is 1. The molecule has 0 aliphatic rings. The summed E-state index contributed by atoms with van der Waals surface area (Å²) in [6.07, 6.45) is 0.526. The Balaban J connectivity index is 1.99. The molecular formula is C22H25N3O4. The van der Waals surface area contributed by atoms with Gasteiger partial charge in [0, 0.05) is 25.9 Å². The van der Waals surface area contributed by atoms with Crippen LogP contribution in [0, 0.1) is 13.8 Å². The lowest BCUT2D eigenvalue weighted by molar-refractivity contribution is -0.116. The first-order valence-electron chi connectivity index (χ1n) is 9.51. The smallest absolute Gasteiger partial charge is 0.331 e. The number of amides is 1. The number of fused-ring (bicyclic) bond motifs is 1. The van der Waals surface area contributed by atoms with Gasteiger partial charge in [0.1, 0.15) is 6.54 Å². The van der Waals surface area contributed by atoms with Gasteiger partial charge in [0.15, 0.2) is 0 Å². The molecule has 1 heterocycles. The summed E-state index contributed by atoms with van der Waals surface area (Å²) in [6, 6.07) is 12.5. The van der Waals surface area contributed by atoms with Gasteiger partial charge in [-0.05, 0) is 49.6 Å². The Hall–Kier alpha value is -3.19. The van der Waals surface area contributed by atoms with Gasteiger partial charge >= 0.3 is 5.69 Å². The molecule has 0 saturated heterocycles. The molecule has 7 nitrogen and oxygen atoms in total. The first-order valence-corrected chi connectivity index (χ1v) is 9.51. The number of nitrogens with zero attached hydrogens (tertiary/aromatic N) is 2. The molecule has 0 bridgehead atoms. The van der Waals surface area contributed by atoms with Gasteiger partial charge in [-0.1, -0.05) is 24.3 Å². The summed E-state index contributed by atoms with van der Waals surface area (Å²) < 4.78 is 7.55. The lowest BCUT2D eigenvalue weighted by Crippen LogP contribution is -2.42. The molecule has 0 atom stereocenters. The van der Waals surface area contributed by atoms with Crippen LogP contribution in [0.3, 0.4) is 0 Å². The van der Waals surface area contributed by atoms with Crippen molar-refractivity contribution in [1.29, 1.82) is 0 Å². The van der Waals surface area contributed by atoms with Crippen molar-refractivity contribution < 1.29 is 9.53 Å². The van der Waals surface area contributed by atoms with Crippen molar-refractivity contribution in [2.45, 2.75) is 33.4 Å². The maximum atomic E-state index is 13.0. The van der Waals surface area contributed by atoms with Crippen LogP contribution in [0.4, 0.5) is 5.69 Å². The molecule has 0 fully saturated rings. The van der Waals surface area contributed by atoms with Crippen molar-refractivity contribution in [3.05, 3.63) is 74.4 Å². The first kappa shape index (κ1) is 20.5. The number of rotatable bonds is 7. The average Bonchev–Trinajstić information content (AvgIpc) is 2.71. The van der Waals surface area contributed by atoms with Gasteiger partial charge in [-0.2, -0.15) is 0 Å². The zero-order valence-corrected chi connectivity index (χ0v) is 16.9. The van der Waals surface area contributed by atoms with E-state index in [4.69, 9.17) is 4.74 Å². The van der Waals surface area contributed by atoms with E-state index < -0.39 is 5.69 Å². The van der Waals surface area contributed by atoms with Crippen molar-refractivity contribution in [2.75, 3.05) is 19.0 Å². The number of ether oxygens (including phenoxy) is 1. The van der Waals surface area contributed by atoms with Gasteiger partial charge in [-0.25, -0.2) is 4.79 Å². The summed E-state index contributed by atoms with van der Waals surface area (Å²) in [5.41, 5.74) is 2.34. The highest BCUT2D eigenvalue weighted by molar-refractivity contribution is 5.92. The molecule has 2 aromatic carbocycles. The second-order valence-corrected chi connectivity index (χ2v) is 6.98. The minimum atomic E-state index is -0.499. The Morgan fingerprint density at radius 2 is 1.79 bits per heavy atom. The van der Waals surface area contributed by atoms with E-state index in [-0.39, 0.29) is 24.6 Å². The highest BCUT2D eigenvalue weighted by Gasteiger charge is 2.15. The zero-order chi connectivity index (χ0) is 21.0. The van der Waals surface area contributed by atoms with Gasteiger partial charge in [-0.15, -0.1) is 0 Å². The van der Waals surface area contributed by atoms with Gasteiger partial charge < -0.3 is 10.1 Å². The van der Waals surface area contributed by atoms with Crippen molar-refractivity contribution in [3.63, 3.8) is 0 Å². The molecule has 0 unspecified atom stereocenters. The van der Waals surface area contributed by atoms with Crippen LogP contribution < -0.4 is 16.6 Å². The van der Waals surface area contributed by atoms with Crippen molar-refractivity contribution >= 4 is 22.5 Å². The number of hydrogen-bond donors (Lipinski definition) is 1. The molecule has 0 saturated carbocycles. The van der Waals surface area contributed by atoms with E-state index in [1.807, 2.05) is 32.0 Å². The Labute approximate surface area is 168 Å². The Bertz CT molecular complexity index is 1160. The van der Waals surface area contributed by atoms with Gasteiger partial charge in [0.25, 0.3) is 5.56 Å². The summed E-state index contributed by atoms with van der Waals surface area (Å²) in [7, 11) is 1.57. The first-order chi connectivity index (χ1) is 13.9. The Morgan fingerprint density at radius 1 is 1.03 bits per heavy atom. The minimum Gasteiger partial charge on any atom is -0.385 e. The number of methoxy groups -OCH3 is 1. The number of nitrogens with one attached hydrogen (secondary N) is 1. The number of carbonyl (C=O) groups excluding carboxylic acids is 1. The molecular weight excluding hydrogens is 370 g/mol. The van der Waals surface area contributed by atoms with Crippen LogP contribution >= 0.6 is 0 Å². The molecule has 0 spiro atoms. The van der Waals surface area contributed by atoms with Crippen LogP contribution in [0.2, 0.25) is 0 Å². The maximum Gasteiger partial charge on any atom is 0.331 e. The maximum absolute atomic E-state index is 13.0. The standard InChI is InChI=1S/C22H25N3O4/c1-15-8-6-10-18(16(15)2)23-20(26)14-25-19-11-5-4-9-17(19)21(27)24(22(25)28)12-7-13-29-3/h4-6,8-11H,7,12-14H2,1-3H3,(H,23,26). The summed E-state index contributed by atoms with van der Waals surface area (Å²) in [5, 5.41) is 3.28. The van der Waals surface area contributed by atoms with Crippen molar-refractivity contribution in [3.8, 4) is 0 Å². The predicted molar refractivity (Wildman–Crippen MR) is 114 cm³/mol. The normalized spacial score (nSPS) is 11.0. The van der Waals surface area contributed by atoms with E-state index in [0.717, 1.165) is 11.1 Å². The molecule has 0 aliphatic carbocycles. The average molecular weight is 395 g/mol. The summed E-state index contributed by atoms with van der Waals surface area (Å²) in [6.45, 7) is 4.39. The second-order valence-electron chi connectivity index (χ2n) is 6.98. The second kappa shape index (κ2) is 8.87. The van der Waals surface area contributed by atoms with E-state index in [2.05, 4.69) is 5.32 Å². The summed E-state index contributed by atoms with van der Waals surface area (Å²) >= 11 is 0. The highest BCUT2D eigenvalue weighted by Crippen LogP contribution is 2.18. The number of aryl methyl sites for hydroxylation is 1. The SMILES string of the molecule is COCCCn1c(=O)c2ccccc2n(CC(=O)Nc2cccc(C)c2C)c1=O. The van der Waals surface area contributed by atoms with Gasteiger partial charge in [0.05, 0.1) is 10.9 Å². The number of aromatic nitrogens is 2. The van der Waals surface area contributed by atoms with Crippen LogP contribution in [0.15, 0.2) is 52.1 Å². The van der Waals surface area contributed by atoms with Gasteiger partial charge in [0.2, 0.25) is 5.91 Å². The quantitative estimate of drug-likeness (QED) is 0.623. The molecule has 1 N–H and O–H groups in total. The van der Waals surface area contributed by atoms with Crippen molar-refractivity contribution in [1.82, 2.24) is 9.13 Å². The molecule has 3 rings (SSSR count). The third-order valence-corrected chi connectivity index (χ3v) is 5.04. The molecule has 1 amide bonds. The van der Waals surface area contributed by atoms with Crippen LogP contribution in [0.25, 0.3) is 10.9 Å². The van der Waals surface area contributed by atoms with Crippen LogP contribution in [-0.2, 0) is 22.6 Å². The monoisotopic (exact) mass is 395 g/mol. The molecule has 3 aromatic rings. The fourth-order valence-electron chi connectivity index (χ4n) is 3.31. The molecule has 0 radical (unpaired) electrons. The van der Waals surface area contributed by atoms with Crippen LogP contribution in [0.1, 0.15) is 17.5 Å². The molecule has 29 heavy (non-hydrogen) atoms. The number of hydrogen-bond acceptors (Lipinski definition) is 4. The Kier molecular flexibility index (Phi) is 6.29. The lowest BCUT2D eigenvalue weighted by atomic mass is 10.1. The number of anilines is 1. The number of carbonyl (C=O) groups is 1. The van der Waals surface area contributed by atoms with Crippen molar-refractivity contribution in [2.24, 2.45) is 0 Å². The molecule has 1 aromatic heterocycles. The fourth-order valence-corrected chi connectivity index (χ4v) is 3.31. The highest BCUT2D eigenvalue weighted by atomic mass is 16.5. The predicted octanol–water partition coefficient (Wildman–Crippen LogP) is 2.46. The summed E-state index contributed by atoms with van der Waals surface area (Å²) in [5.74, 6) is -0.326. The van der Waals surface area contributed by atoms with E-state index >= 15 is 0 Å². The van der Waals surface area contributed by atoms with E-state index in [9.17, 15) is 14.4 Å². The lowest BCUT2D eigenvalue weighted by Gasteiger charge is -2.15. The largest absolute Gasteiger partial charge is 0.385 e. The molecule has 7 heteroatoms.